The van der Waals surface area contributed by atoms with Crippen molar-refractivity contribution in [3.8, 4) is 0 Å². The van der Waals surface area contributed by atoms with Gasteiger partial charge in [-0.05, 0) is 33.7 Å². The minimum atomic E-state index is -0.451. The summed E-state index contributed by atoms with van der Waals surface area (Å²) < 4.78 is 10.4. The van der Waals surface area contributed by atoms with Crippen molar-refractivity contribution in [2.45, 2.75) is 38.8 Å². The van der Waals surface area contributed by atoms with Gasteiger partial charge >= 0.3 is 6.09 Å². The number of alkyl carbamates (subject to hydrolysis) is 1. The fourth-order valence-corrected chi connectivity index (χ4v) is 1.96. The number of piperidine rings is 1. The number of nitrogens with one attached hydrogen (secondary N) is 2. The van der Waals surface area contributed by atoms with E-state index in [-0.39, 0.29) is 12.1 Å². The molecule has 0 aromatic heterocycles. The van der Waals surface area contributed by atoms with Crippen LogP contribution < -0.4 is 10.6 Å². The second-order valence-electron chi connectivity index (χ2n) is 5.46. The van der Waals surface area contributed by atoms with Gasteiger partial charge in [0.05, 0.1) is 6.61 Å². The van der Waals surface area contributed by atoms with Gasteiger partial charge in [-0.1, -0.05) is 0 Å². The van der Waals surface area contributed by atoms with Gasteiger partial charge in [0.2, 0.25) is 0 Å². The van der Waals surface area contributed by atoms with E-state index in [4.69, 9.17) is 9.47 Å². The fraction of sp³-hybridized carbons (Fsp3) is 0.917. The van der Waals surface area contributed by atoms with Crippen LogP contribution in [0, 0.1) is 5.92 Å². The quantitative estimate of drug-likeness (QED) is 0.781. The highest BCUT2D eigenvalue weighted by Crippen LogP contribution is 2.13. The number of carbonyl (C=O) groups is 1. The predicted octanol–water partition coefficient (Wildman–Crippen LogP) is 1.14. The highest BCUT2D eigenvalue weighted by molar-refractivity contribution is 5.68. The van der Waals surface area contributed by atoms with Crippen molar-refractivity contribution in [2.75, 3.05) is 26.8 Å². The molecule has 1 saturated heterocycles. The highest BCUT2D eigenvalue weighted by Gasteiger charge is 2.28. The van der Waals surface area contributed by atoms with Crippen molar-refractivity contribution in [1.82, 2.24) is 10.6 Å². The summed E-state index contributed by atoms with van der Waals surface area (Å²) in [6, 6.07) is 0.131. The first-order valence-corrected chi connectivity index (χ1v) is 6.11. The molecule has 0 radical (unpaired) electrons. The Kier molecular flexibility index (Phi) is 5.21. The summed E-state index contributed by atoms with van der Waals surface area (Å²) >= 11 is 0. The lowest BCUT2D eigenvalue weighted by atomic mass is 9.94. The van der Waals surface area contributed by atoms with Crippen LogP contribution in [0.5, 0.6) is 0 Å². The third kappa shape index (κ3) is 5.37. The summed E-state index contributed by atoms with van der Waals surface area (Å²) in [5.74, 6) is 0.307. The average molecular weight is 244 g/mol. The molecule has 1 aliphatic rings. The molecule has 5 nitrogen and oxygen atoms in total. The summed E-state index contributed by atoms with van der Waals surface area (Å²) in [7, 11) is 1.68. The number of carbonyl (C=O) groups excluding carboxylic acids is 1. The molecule has 100 valence electrons. The van der Waals surface area contributed by atoms with Crippen LogP contribution in [0.2, 0.25) is 0 Å². The Balaban J connectivity index is 2.44. The van der Waals surface area contributed by atoms with Crippen molar-refractivity contribution in [3.05, 3.63) is 0 Å². The van der Waals surface area contributed by atoms with E-state index in [9.17, 15) is 4.79 Å². The van der Waals surface area contributed by atoms with E-state index in [1.165, 1.54) is 0 Å². The fourth-order valence-electron chi connectivity index (χ4n) is 1.96. The Morgan fingerprint density at radius 3 is 2.76 bits per heavy atom. The van der Waals surface area contributed by atoms with Crippen LogP contribution in [0.3, 0.4) is 0 Å². The molecular formula is C12H24N2O3. The third-order valence-electron chi connectivity index (χ3n) is 2.69. The van der Waals surface area contributed by atoms with Crippen LogP contribution in [0.1, 0.15) is 27.2 Å². The van der Waals surface area contributed by atoms with E-state index < -0.39 is 5.60 Å². The van der Waals surface area contributed by atoms with Gasteiger partial charge in [-0.15, -0.1) is 0 Å². The first-order chi connectivity index (χ1) is 7.92. The van der Waals surface area contributed by atoms with E-state index >= 15 is 0 Å². The van der Waals surface area contributed by atoms with Gasteiger partial charge in [-0.25, -0.2) is 4.79 Å². The first-order valence-electron chi connectivity index (χ1n) is 6.11. The zero-order chi connectivity index (χ0) is 12.9. The molecule has 0 bridgehead atoms. The SMILES string of the molecule is COCC1CNCCC1NC(=O)OC(C)(C)C. The summed E-state index contributed by atoms with van der Waals surface area (Å²) in [5, 5.41) is 6.23. The van der Waals surface area contributed by atoms with E-state index in [1.807, 2.05) is 20.8 Å². The van der Waals surface area contributed by atoms with Gasteiger partial charge < -0.3 is 20.1 Å². The molecule has 17 heavy (non-hydrogen) atoms. The second-order valence-corrected chi connectivity index (χ2v) is 5.46. The molecule has 2 unspecified atom stereocenters. The van der Waals surface area contributed by atoms with Crippen LogP contribution in [-0.2, 0) is 9.47 Å². The van der Waals surface area contributed by atoms with Crippen LogP contribution in [0.4, 0.5) is 4.79 Å². The van der Waals surface area contributed by atoms with Crippen molar-refractivity contribution in [2.24, 2.45) is 5.92 Å². The topological polar surface area (TPSA) is 59.6 Å². The number of amides is 1. The van der Waals surface area contributed by atoms with Gasteiger partial charge in [-0.2, -0.15) is 0 Å². The van der Waals surface area contributed by atoms with Gasteiger partial charge in [0.1, 0.15) is 5.60 Å². The molecule has 1 fully saturated rings. The average Bonchev–Trinajstić information content (AvgIpc) is 2.18. The van der Waals surface area contributed by atoms with Crippen molar-refractivity contribution in [3.63, 3.8) is 0 Å². The largest absolute Gasteiger partial charge is 0.444 e. The Bertz CT molecular complexity index is 249. The maximum atomic E-state index is 11.7. The summed E-state index contributed by atoms with van der Waals surface area (Å²) in [6.45, 7) is 8.02. The predicted molar refractivity (Wildman–Crippen MR) is 66.0 cm³/mol. The van der Waals surface area contributed by atoms with Gasteiger partial charge in [0.25, 0.3) is 0 Å². The number of ether oxygens (including phenoxy) is 2. The second kappa shape index (κ2) is 6.21. The van der Waals surface area contributed by atoms with Gasteiger partial charge in [-0.3, -0.25) is 0 Å². The van der Waals surface area contributed by atoms with Crippen LogP contribution >= 0.6 is 0 Å². The van der Waals surface area contributed by atoms with Crippen molar-refractivity contribution >= 4 is 6.09 Å². The molecule has 1 rings (SSSR count). The lowest BCUT2D eigenvalue weighted by Gasteiger charge is -2.32. The molecule has 1 aliphatic heterocycles. The minimum Gasteiger partial charge on any atom is -0.444 e. The molecule has 0 aromatic carbocycles. The molecular weight excluding hydrogens is 220 g/mol. The van der Waals surface area contributed by atoms with E-state index in [1.54, 1.807) is 7.11 Å². The standard InChI is InChI=1S/C12H24N2O3/c1-12(2,3)17-11(15)14-10-5-6-13-7-9(10)8-16-4/h9-10,13H,5-8H2,1-4H3,(H,14,15). The molecule has 5 heteroatoms. The lowest BCUT2D eigenvalue weighted by Crippen LogP contribution is -2.51. The lowest BCUT2D eigenvalue weighted by molar-refractivity contribution is 0.0436. The van der Waals surface area contributed by atoms with Gasteiger partial charge in [0.15, 0.2) is 0 Å². The maximum Gasteiger partial charge on any atom is 0.407 e. The molecule has 0 aliphatic carbocycles. The van der Waals surface area contributed by atoms with Crippen LogP contribution in [0.15, 0.2) is 0 Å². The molecule has 2 atom stereocenters. The number of hydrogen-bond donors (Lipinski definition) is 2. The van der Waals surface area contributed by atoms with Crippen LogP contribution in [0.25, 0.3) is 0 Å². The zero-order valence-corrected chi connectivity index (χ0v) is 11.2. The summed E-state index contributed by atoms with van der Waals surface area (Å²) in [4.78, 5) is 11.7. The minimum absolute atomic E-state index is 0.131. The Labute approximate surface area is 103 Å². The van der Waals surface area contributed by atoms with Crippen LogP contribution in [-0.4, -0.2) is 44.5 Å². The zero-order valence-electron chi connectivity index (χ0n) is 11.2. The third-order valence-corrected chi connectivity index (χ3v) is 2.69. The summed E-state index contributed by atoms with van der Waals surface area (Å²) in [6.07, 6.45) is 0.568. The van der Waals surface area contributed by atoms with Gasteiger partial charge in [0, 0.05) is 25.6 Å². The Morgan fingerprint density at radius 2 is 2.18 bits per heavy atom. The Hall–Kier alpha value is -0.810. The molecule has 2 N–H and O–H groups in total. The highest BCUT2D eigenvalue weighted by atomic mass is 16.6. The van der Waals surface area contributed by atoms with E-state index in [0.717, 1.165) is 19.5 Å². The number of methoxy groups -OCH3 is 1. The van der Waals surface area contributed by atoms with E-state index in [0.29, 0.717) is 12.5 Å². The first kappa shape index (κ1) is 14.3. The monoisotopic (exact) mass is 244 g/mol. The summed E-state index contributed by atoms with van der Waals surface area (Å²) in [5.41, 5.74) is -0.451. The Morgan fingerprint density at radius 1 is 1.47 bits per heavy atom. The molecule has 0 aromatic rings. The van der Waals surface area contributed by atoms with E-state index in [2.05, 4.69) is 10.6 Å². The molecule has 0 saturated carbocycles. The van der Waals surface area contributed by atoms with Crippen molar-refractivity contribution in [1.29, 1.82) is 0 Å². The number of rotatable bonds is 3. The maximum absolute atomic E-state index is 11.7. The molecule has 0 spiro atoms. The molecule has 1 amide bonds. The number of hydrogen-bond acceptors (Lipinski definition) is 4. The smallest absolute Gasteiger partial charge is 0.407 e. The van der Waals surface area contributed by atoms with Crippen molar-refractivity contribution < 1.29 is 14.3 Å². The molecule has 1 heterocycles. The normalized spacial score (nSPS) is 25.4.